The zero-order valence-electron chi connectivity index (χ0n) is 14.1. The number of methoxy groups -OCH3 is 1. The second kappa shape index (κ2) is 7.83. The lowest BCUT2D eigenvalue weighted by molar-refractivity contribution is 0.0913. The van der Waals surface area contributed by atoms with Crippen LogP contribution < -0.4 is 5.32 Å². The van der Waals surface area contributed by atoms with Crippen molar-refractivity contribution in [3.05, 3.63) is 42.4 Å². The summed E-state index contributed by atoms with van der Waals surface area (Å²) in [6, 6.07) is 7.07. The second-order valence-corrected chi connectivity index (χ2v) is 6.03. The molecule has 1 aliphatic rings. The molecule has 1 atom stereocenters. The summed E-state index contributed by atoms with van der Waals surface area (Å²) < 4.78 is 10.0. The maximum atomic E-state index is 12.5. The quantitative estimate of drug-likeness (QED) is 0.926. The minimum Gasteiger partial charge on any atom is -0.453 e. The number of hydrogen-bond donors (Lipinski definition) is 1. The van der Waals surface area contributed by atoms with E-state index in [4.69, 9.17) is 9.15 Å². The van der Waals surface area contributed by atoms with Crippen LogP contribution in [0.5, 0.6) is 0 Å². The molecular weight excluding hydrogens is 322 g/mol. The highest BCUT2D eigenvalue weighted by molar-refractivity contribution is 5.94. The van der Waals surface area contributed by atoms with E-state index >= 15 is 0 Å². The molecule has 25 heavy (non-hydrogen) atoms. The molecule has 132 valence electrons. The highest BCUT2D eigenvalue weighted by Gasteiger charge is 2.24. The molecule has 0 spiro atoms. The standard InChI is InChI=1S/C18H21N3O4/c1-24-18(23)21-9-3-2-4-15(11-21)20-17(22)14-7-5-13(6-8-14)16-10-19-12-25-16/h5-8,10,12,15H,2-4,9,11H2,1H3,(H,20,22)/t15-/m1/s1. The topological polar surface area (TPSA) is 84.7 Å². The monoisotopic (exact) mass is 343 g/mol. The SMILES string of the molecule is COC(=O)N1CCCC[C@@H](NC(=O)c2ccc(-c3cnco3)cc2)C1. The van der Waals surface area contributed by atoms with Crippen LogP contribution >= 0.6 is 0 Å². The Morgan fingerprint density at radius 1 is 1.28 bits per heavy atom. The van der Waals surface area contributed by atoms with Crippen LogP contribution in [0.25, 0.3) is 11.3 Å². The fourth-order valence-corrected chi connectivity index (χ4v) is 2.97. The first kappa shape index (κ1) is 17.0. The second-order valence-electron chi connectivity index (χ2n) is 6.03. The molecule has 0 saturated carbocycles. The van der Waals surface area contributed by atoms with E-state index in [1.807, 2.05) is 12.1 Å². The molecule has 2 aromatic rings. The number of ether oxygens (including phenoxy) is 1. The van der Waals surface area contributed by atoms with Crippen molar-refractivity contribution in [1.82, 2.24) is 15.2 Å². The van der Waals surface area contributed by atoms with Crippen molar-refractivity contribution in [3.8, 4) is 11.3 Å². The number of nitrogens with zero attached hydrogens (tertiary/aromatic N) is 2. The predicted octanol–water partition coefficient (Wildman–Crippen LogP) is 2.69. The number of carbonyl (C=O) groups is 2. The number of hydrogen-bond acceptors (Lipinski definition) is 5. The van der Waals surface area contributed by atoms with Gasteiger partial charge in [0, 0.05) is 30.3 Å². The Hall–Kier alpha value is -2.83. The van der Waals surface area contributed by atoms with E-state index in [1.54, 1.807) is 23.2 Å². The maximum absolute atomic E-state index is 12.5. The molecule has 0 aliphatic carbocycles. The van der Waals surface area contributed by atoms with Gasteiger partial charge in [-0.3, -0.25) is 4.79 Å². The molecule has 1 aromatic carbocycles. The minimum atomic E-state index is -0.349. The fraction of sp³-hybridized carbons (Fsp3) is 0.389. The number of amides is 2. The van der Waals surface area contributed by atoms with Crippen LogP contribution in [0.1, 0.15) is 29.6 Å². The summed E-state index contributed by atoms with van der Waals surface area (Å²) in [6.07, 6.45) is 5.36. The molecule has 2 amide bonds. The van der Waals surface area contributed by atoms with Crippen molar-refractivity contribution in [2.45, 2.75) is 25.3 Å². The molecule has 1 saturated heterocycles. The summed E-state index contributed by atoms with van der Waals surface area (Å²) in [7, 11) is 1.37. The third kappa shape index (κ3) is 4.17. The number of likely N-dealkylation sites (tertiary alicyclic amines) is 1. The first-order chi connectivity index (χ1) is 12.2. The van der Waals surface area contributed by atoms with Crippen LogP contribution in [0.15, 0.2) is 41.3 Å². The molecule has 3 rings (SSSR count). The zero-order chi connectivity index (χ0) is 17.6. The summed E-state index contributed by atoms with van der Waals surface area (Å²) in [5.74, 6) is 0.505. The number of benzene rings is 1. The van der Waals surface area contributed by atoms with E-state index < -0.39 is 0 Å². The summed E-state index contributed by atoms with van der Waals surface area (Å²) >= 11 is 0. The van der Waals surface area contributed by atoms with Crippen molar-refractivity contribution in [2.75, 3.05) is 20.2 Å². The van der Waals surface area contributed by atoms with Gasteiger partial charge < -0.3 is 19.4 Å². The van der Waals surface area contributed by atoms with Crippen LogP contribution in [0, 0.1) is 0 Å². The van der Waals surface area contributed by atoms with Gasteiger partial charge in [0.25, 0.3) is 5.91 Å². The van der Waals surface area contributed by atoms with Crippen LogP contribution in [0.2, 0.25) is 0 Å². The van der Waals surface area contributed by atoms with E-state index in [9.17, 15) is 9.59 Å². The Kier molecular flexibility index (Phi) is 5.33. The van der Waals surface area contributed by atoms with E-state index in [-0.39, 0.29) is 18.0 Å². The van der Waals surface area contributed by atoms with Crippen LogP contribution in [0.4, 0.5) is 4.79 Å². The van der Waals surface area contributed by atoms with Gasteiger partial charge in [0.15, 0.2) is 12.2 Å². The highest BCUT2D eigenvalue weighted by Crippen LogP contribution is 2.19. The lowest BCUT2D eigenvalue weighted by atomic mass is 10.1. The molecule has 7 heteroatoms. The molecule has 1 aromatic heterocycles. The average Bonchev–Trinajstić information content (AvgIpc) is 3.08. The van der Waals surface area contributed by atoms with Crippen molar-refractivity contribution in [3.63, 3.8) is 0 Å². The Morgan fingerprint density at radius 3 is 2.76 bits per heavy atom. The number of oxazole rings is 1. The molecular formula is C18H21N3O4. The van der Waals surface area contributed by atoms with Crippen LogP contribution in [-0.4, -0.2) is 48.1 Å². The van der Waals surface area contributed by atoms with E-state index in [1.165, 1.54) is 13.5 Å². The molecule has 1 aliphatic heterocycles. The van der Waals surface area contributed by atoms with Gasteiger partial charge in [0.1, 0.15) is 0 Å². The number of carbonyl (C=O) groups excluding carboxylic acids is 2. The van der Waals surface area contributed by atoms with Gasteiger partial charge in [0.2, 0.25) is 0 Å². The van der Waals surface area contributed by atoms with Gasteiger partial charge in [0.05, 0.1) is 13.3 Å². The fourth-order valence-electron chi connectivity index (χ4n) is 2.97. The van der Waals surface area contributed by atoms with Gasteiger partial charge >= 0.3 is 6.09 Å². The van der Waals surface area contributed by atoms with Crippen molar-refractivity contribution >= 4 is 12.0 Å². The molecule has 0 unspecified atom stereocenters. The van der Waals surface area contributed by atoms with E-state index in [2.05, 4.69) is 10.3 Å². The Morgan fingerprint density at radius 2 is 2.08 bits per heavy atom. The molecule has 1 fully saturated rings. The smallest absolute Gasteiger partial charge is 0.409 e. The molecule has 1 N–H and O–H groups in total. The largest absolute Gasteiger partial charge is 0.453 e. The first-order valence-electron chi connectivity index (χ1n) is 8.30. The normalized spacial score (nSPS) is 17.6. The average molecular weight is 343 g/mol. The summed E-state index contributed by atoms with van der Waals surface area (Å²) in [5, 5.41) is 3.01. The zero-order valence-corrected chi connectivity index (χ0v) is 14.1. The van der Waals surface area contributed by atoms with Crippen LogP contribution in [0.3, 0.4) is 0 Å². The number of aromatic nitrogens is 1. The summed E-state index contributed by atoms with van der Waals surface area (Å²) in [4.78, 5) is 29.8. The van der Waals surface area contributed by atoms with Crippen LogP contribution in [-0.2, 0) is 4.74 Å². The van der Waals surface area contributed by atoms with Crippen molar-refractivity contribution in [1.29, 1.82) is 0 Å². The molecule has 0 radical (unpaired) electrons. The Labute approximate surface area is 146 Å². The molecule has 7 nitrogen and oxygen atoms in total. The van der Waals surface area contributed by atoms with Gasteiger partial charge in [-0.1, -0.05) is 12.1 Å². The minimum absolute atomic E-state index is 0.0805. The van der Waals surface area contributed by atoms with Gasteiger partial charge in [-0.2, -0.15) is 0 Å². The first-order valence-corrected chi connectivity index (χ1v) is 8.30. The van der Waals surface area contributed by atoms with Crippen molar-refractivity contribution in [2.24, 2.45) is 0 Å². The molecule has 2 heterocycles. The van der Waals surface area contributed by atoms with Gasteiger partial charge in [-0.15, -0.1) is 0 Å². The van der Waals surface area contributed by atoms with E-state index in [0.717, 1.165) is 24.8 Å². The number of nitrogens with one attached hydrogen (secondary N) is 1. The highest BCUT2D eigenvalue weighted by atomic mass is 16.5. The summed E-state index contributed by atoms with van der Waals surface area (Å²) in [6.45, 7) is 1.12. The third-order valence-electron chi connectivity index (χ3n) is 4.30. The Balaban J connectivity index is 1.63. The molecule has 0 bridgehead atoms. The Bertz CT molecular complexity index is 712. The lowest BCUT2D eigenvalue weighted by Crippen LogP contribution is -2.44. The summed E-state index contributed by atoms with van der Waals surface area (Å²) in [5.41, 5.74) is 1.43. The lowest BCUT2D eigenvalue weighted by Gasteiger charge is -2.24. The third-order valence-corrected chi connectivity index (χ3v) is 4.30. The number of rotatable bonds is 3. The predicted molar refractivity (Wildman–Crippen MR) is 91.0 cm³/mol. The van der Waals surface area contributed by atoms with E-state index in [0.29, 0.717) is 24.4 Å². The maximum Gasteiger partial charge on any atom is 0.409 e. The van der Waals surface area contributed by atoms with Gasteiger partial charge in [-0.05, 0) is 31.4 Å². The van der Waals surface area contributed by atoms with Crippen molar-refractivity contribution < 1.29 is 18.7 Å². The van der Waals surface area contributed by atoms with Gasteiger partial charge in [-0.25, -0.2) is 9.78 Å².